The van der Waals surface area contributed by atoms with Crippen LogP contribution in [0.4, 0.5) is 11.4 Å². The highest BCUT2D eigenvalue weighted by Gasteiger charge is 2.02. The molecule has 0 radical (unpaired) electrons. The van der Waals surface area contributed by atoms with Crippen molar-refractivity contribution >= 4 is 11.4 Å². The number of benzene rings is 1. The van der Waals surface area contributed by atoms with Crippen LogP contribution in [0.3, 0.4) is 0 Å². The maximum Gasteiger partial charge on any atom is 0.0670 e. The number of nitrogens with one attached hydrogen (secondary N) is 1. The van der Waals surface area contributed by atoms with E-state index in [4.69, 9.17) is 11.0 Å². The fourth-order valence-electron chi connectivity index (χ4n) is 1.94. The summed E-state index contributed by atoms with van der Waals surface area (Å²) in [5, 5.41) is 16.2. The van der Waals surface area contributed by atoms with E-state index in [0.717, 1.165) is 24.2 Å². The molecule has 98 valence electrons. The third-order valence-electron chi connectivity index (χ3n) is 3.05. The average molecular weight is 255 g/mol. The van der Waals surface area contributed by atoms with Crippen LogP contribution in [0.5, 0.6) is 0 Å². The van der Waals surface area contributed by atoms with Crippen molar-refractivity contribution in [3.05, 3.63) is 41.7 Å². The van der Waals surface area contributed by atoms with Crippen LogP contribution >= 0.6 is 0 Å². The first kappa shape index (κ1) is 13.0. The van der Waals surface area contributed by atoms with Gasteiger partial charge in [-0.1, -0.05) is 0 Å². The molecule has 0 saturated heterocycles. The lowest BCUT2D eigenvalue weighted by molar-refractivity contribution is 0.711. The lowest BCUT2D eigenvalue weighted by Gasteiger charge is -2.09. The fraction of sp³-hybridized carbons (Fsp3) is 0.286. The molecule has 0 atom stereocenters. The van der Waals surface area contributed by atoms with Gasteiger partial charge >= 0.3 is 0 Å². The number of hydrogen-bond donors (Lipinski definition) is 2. The fourth-order valence-corrected chi connectivity index (χ4v) is 1.94. The second kappa shape index (κ2) is 5.91. The molecule has 0 saturated carbocycles. The van der Waals surface area contributed by atoms with Crippen LogP contribution in [0.1, 0.15) is 11.3 Å². The average Bonchev–Trinajstić information content (AvgIpc) is 2.79. The van der Waals surface area contributed by atoms with Gasteiger partial charge in [0.1, 0.15) is 0 Å². The first-order valence-corrected chi connectivity index (χ1v) is 6.17. The van der Waals surface area contributed by atoms with Gasteiger partial charge in [0.15, 0.2) is 0 Å². The summed E-state index contributed by atoms with van der Waals surface area (Å²) >= 11 is 0. The number of aryl methyl sites for hydroxylation is 1. The number of nitrogens with two attached hydrogens (primary N) is 1. The Hall–Kier alpha value is -2.48. The van der Waals surface area contributed by atoms with Crippen LogP contribution in [0, 0.1) is 11.3 Å². The number of rotatable bonds is 5. The minimum atomic E-state index is 0.336. The van der Waals surface area contributed by atoms with Crippen LogP contribution in [-0.4, -0.2) is 16.3 Å². The summed E-state index contributed by atoms with van der Waals surface area (Å²) in [5.74, 6) is 0. The Kier molecular flexibility index (Phi) is 4.04. The highest BCUT2D eigenvalue weighted by atomic mass is 15.3. The molecule has 5 nitrogen and oxygen atoms in total. The number of anilines is 2. The quantitative estimate of drug-likeness (QED) is 0.797. The van der Waals surface area contributed by atoms with E-state index >= 15 is 0 Å². The molecule has 0 aliphatic carbocycles. The Morgan fingerprint density at radius 1 is 1.42 bits per heavy atom. The zero-order chi connectivity index (χ0) is 13.7. The van der Waals surface area contributed by atoms with Gasteiger partial charge < -0.3 is 11.1 Å². The van der Waals surface area contributed by atoms with Gasteiger partial charge in [0.2, 0.25) is 0 Å². The van der Waals surface area contributed by atoms with Gasteiger partial charge in [-0.3, -0.25) is 4.68 Å². The van der Waals surface area contributed by atoms with Crippen LogP contribution < -0.4 is 11.1 Å². The number of nitrogen functional groups attached to an aromatic ring is 1. The highest BCUT2D eigenvalue weighted by molar-refractivity contribution is 5.58. The third-order valence-corrected chi connectivity index (χ3v) is 3.05. The molecular weight excluding hydrogens is 238 g/mol. The van der Waals surface area contributed by atoms with Crippen molar-refractivity contribution < 1.29 is 0 Å². The van der Waals surface area contributed by atoms with E-state index < -0.39 is 0 Å². The monoisotopic (exact) mass is 255 g/mol. The van der Waals surface area contributed by atoms with Crippen molar-refractivity contribution in [3.8, 4) is 6.07 Å². The summed E-state index contributed by atoms with van der Waals surface area (Å²) in [6, 6.07) is 9.82. The van der Waals surface area contributed by atoms with Crippen LogP contribution in [0.15, 0.2) is 30.5 Å². The predicted molar refractivity (Wildman–Crippen MR) is 75.6 cm³/mol. The van der Waals surface area contributed by atoms with Gasteiger partial charge in [0, 0.05) is 43.3 Å². The van der Waals surface area contributed by atoms with Gasteiger partial charge in [-0.2, -0.15) is 10.4 Å². The molecule has 0 amide bonds. The summed E-state index contributed by atoms with van der Waals surface area (Å²) in [6.45, 7) is 0.815. The number of nitriles is 1. The van der Waals surface area contributed by atoms with Crippen molar-refractivity contribution in [1.82, 2.24) is 9.78 Å². The minimum absolute atomic E-state index is 0.336. The van der Waals surface area contributed by atoms with Crippen LogP contribution in [0.25, 0.3) is 0 Å². The number of nitrogens with zero attached hydrogens (tertiary/aromatic N) is 3. The maximum absolute atomic E-state index is 8.73. The summed E-state index contributed by atoms with van der Waals surface area (Å²) in [7, 11) is 1.93. The number of hydrogen-bond acceptors (Lipinski definition) is 4. The second-order valence-electron chi connectivity index (χ2n) is 4.37. The van der Waals surface area contributed by atoms with Gasteiger partial charge in [-0.25, -0.2) is 0 Å². The molecule has 0 aliphatic heterocycles. The highest BCUT2D eigenvalue weighted by Crippen LogP contribution is 2.18. The summed E-state index contributed by atoms with van der Waals surface area (Å²) in [4.78, 5) is 0. The van der Waals surface area contributed by atoms with Crippen molar-refractivity contribution in [2.24, 2.45) is 7.05 Å². The van der Waals surface area contributed by atoms with Crippen molar-refractivity contribution in [2.45, 2.75) is 12.8 Å². The molecule has 0 bridgehead atoms. The molecule has 2 aromatic rings. The van der Waals surface area contributed by atoms with Gasteiger partial charge in [0.05, 0.1) is 12.5 Å². The van der Waals surface area contributed by atoms with E-state index in [0.29, 0.717) is 12.1 Å². The molecule has 1 heterocycles. The van der Waals surface area contributed by atoms with E-state index in [1.54, 1.807) is 6.20 Å². The van der Waals surface area contributed by atoms with Crippen molar-refractivity contribution in [1.29, 1.82) is 5.26 Å². The van der Waals surface area contributed by atoms with Crippen LogP contribution in [0.2, 0.25) is 0 Å². The standard InChI is InChI=1S/C14H17N5/c1-19-13(6-9-18-19)5-8-17-12-2-3-14(16)11(10-12)4-7-15/h2-3,6,9-10,17H,4-5,8,16H2,1H3. The van der Waals surface area contributed by atoms with E-state index in [1.165, 1.54) is 5.69 Å². The van der Waals surface area contributed by atoms with Gasteiger partial charge in [-0.05, 0) is 29.8 Å². The molecular formula is C14H17N5. The van der Waals surface area contributed by atoms with E-state index in [2.05, 4.69) is 16.5 Å². The van der Waals surface area contributed by atoms with E-state index in [-0.39, 0.29) is 0 Å². The Labute approximate surface area is 112 Å². The molecule has 2 rings (SSSR count). The third kappa shape index (κ3) is 3.26. The Balaban J connectivity index is 1.95. The first-order valence-electron chi connectivity index (χ1n) is 6.17. The molecule has 0 spiro atoms. The molecule has 19 heavy (non-hydrogen) atoms. The molecule has 0 aliphatic rings. The largest absolute Gasteiger partial charge is 0.398 e. The molecule has 0 unspecified atom stereocenters. The van der Waals surface area contributed by atoms with Crippen LogP contribution in [-0.2, 0) is 19.9 Å². The second-order valence-corrected chi connectivity index (χ2v) is 4.37. The lowest BCUT2D eigenvalue weighted by atomic mass is 10.1. The zero-order valence-corrected chi connectivity index (χ0v) is 10.9. The van der Waals surface area contributed by atoms with Gasteiger partial charge in [-0.15, -0.1) is 0 Å². The minimum Gasteiger partial charge on any atom is -0.398 e. The molecule has 3 N–H and O–H groups in total. The van der Waals surface area contributed by atoms with E-state index in [9.17, 15) is 0 Å². The normalized spacial score (nSPS) is 10.1. The summed E-state index contributed by atoms with van der Waals surface area (Å²) < 4.78 is 1.87. The molecule has 5 heteroatoms. The van der Waals surface area contributed by atoms with Crippen molar-refractivity contribution in [3.63, 3.8) is 0 Å². The topological polar surface area (TPSA) is 79.7 Å². The number of aromatic nitrogens is 2. The Morgan fingerprint density at radius 3 is 2.95 bits per heavy atom. The summed E-state index contributed by atoms with van der Waals surface area (Å²) in [5.41, 5.74) is 9.51. The molecule has 1 aromatic heterocycles. The first-order chi connectivity index (χ1) is 9.20. The maximum atomic E-state index is 8.73. The summed E-state index contributed by atoms with van der Waals surface area (Å²) in [6.07, 6.45) is 3.03. The molecule has 0 fully saturated rings. The molecule has 1 aromatic carbocycles. The van der Waals surface area contributed by atoms with Crippen molar-refractivity contribution in [2.75, 3.05) is 17.6 Å². The SMILES string of the molecule is Cn1nccc1CCNc1ccc(N)c(CC#N)c1. The Morgan fingerprint density at radius 2 is 2.26 bits per heavy atom. The van der Waals surface area contributed by atoms with E-state index in [1.807, 2.05) is 36.0 Å². The zero-order valence-electron chi connectivity index (χ0n) is 10.9. The lowest BCUT2D eigenvalue weighted by Crippen LogP contribution is -2.08. The van der Waals surface area contributed by atoms with Gasteiger partial charge in [0.25, 0.3) is 0 Å². The Bertz CT molecular complexity index is 594. The predicted octanol–water partition coefficient (Wildman–Crippen LogP) is 1.72. The smallest absolute Gasteiger partial charge is 0.0670 e.